The lowest BCUT2D eigenvalue weighted by atomic mass is 10.0. The molecular weight excluding hydrogens is 198 g/mol. The van der Waals surface area contributed by atoms with E-state index in [-0.39, 0.29) is 0 Å². The van der Waals surface area contributed by atoms with Crippen LogP contribution in [0.5, 0.6) is 0 Å². The third-order valence-electron chi connectivity index (χ3n) is 4.14. The van der Waals surface area contributed by atoms with E-state index < -0.39 is 0 Å². The first-order valence-corrected chi connectivity index (χ1v) is 6.99. The molecule has 1 unspecified atom stereocenters. The molecule has 0 spiro atoms. The van der Waals surface area contributed by atoms with Gasteiger partial charge in [0.2, 0.25) is 0 Å². The van der Waals surface area contributed by atoms with Crippen LogP contribution in [0.15, 0.2) is 0 Å². The highest BCUT2D eigenvalue weighted by Crippen LogP contribution is 2.17. The molecule has 2 rings (SSSR count). The molecule has 2 heterocycles. The number of nitrogens with zero attached hydrogens (tertiary/aromatic N) is 2. The minimum Gasteiger partial charge on any atom is -0.313 e. The van der Waals surface area contributed by atoms with Gasteiger partial charge < -0.3 is 10.2 Å². The van der Waals surface area contributed by atoms with E-state index in [0.717, 1.165) is 6.04 Å². The van der Waals surface area contributed by atoms with Gasteiger partial charge in [0.05, 0.1) is 0 Å². The Morgan fingerprint density at radius 2 is 1.94 bits per heavy atom. The minimum absolute atomic E-state index is 0.673. The summed E-state index contributed by atoms with van der Waals surface area (Å²) in [5.41, 5.74) is 0. The van der Waals surface area contributed by atoms with Gasteiger partial charge in [0, 0.05) is 18.6 Å². The smallest absolute Gasteiger partial charge is 0.0166 e. The van der Waals surface area contributed by atoms with Crippen LogP contribution in [0.3, 0.4) is 0 Å². The first-order chi connectivity index (χ1) is 7.79. The van der Waals surface area contributed by atoms with Crippen LogP contribution >= 0.6 is 0 Å². The Morgan fingerprint density at radius 1 is 1.19 bits per heavy atom. The van der Waals surface area contributed by atoms with Crippen LogP contribution in [0.4, 0.5) is 0 Å². The van der Waals surface area contributed by atoms with Gasteiger partial charge in [-0.05, 0) is 58.9 Å². The van der Waals surface area contributed by atoms with Crippen molar-refractivity contribution in [3.63, 3.8) is 0 Å². The molecule has 0 amide bonds. The fourth-order valence-electron chi connectivity index (χ4n) is 3.07. The van der Waals surface area contributed by atoms with Gasteiger partial charge in [-0.15, -0.1) is 0 Å². The molecule has 2 fully saturated rings. The van der Waals surface area contributed by atoms with E-state index in [1.54, 1.807) is 0 Å². The van der Waals surface area contributed by atoms with E-state index in [1.807, 2.05) is 0 Å². The third kappa shape index (κ3) is 3.19. The minimum atomic E-state index is 0.673. The molecule has 1 N–H and O–H groups in total. The summed E-state index contributed by atoms with van der Waals surface area (Å²) in [7, 11) is 0. The zero-order valence-corrected chi connectivity index (χ0v) is 10.9. The monoisotopic (exact) mass is 225 g/mol. The molecule has 3 heteroatoms. The van der Waals surface area contributed by atoms with Crippen molar-refractivity contribution in [2.75, 3.05) is 39.3 Å². The van der Waals surface area contributed by atoms with Gasteiger partial charge in [0.1, 0.15) is 0 Å². The summed E-state index contributed by atoms with van der Waals surface area (Å²) < 4.78 is 0. The molecule has 94 valence electrons. The summed E-state index contributed by atoms with van der Waals surface area (Å²) in [6.45, 7) is 12.2. The Hall–Kier alpha value is -0.120. The molecule has 0 bridgehead atoms. The first kappa shape index (κ1) is 12.3. The highest BCUT2D eigenvalue weighted by Gasteiger charge is 2.25. The molecule has 0 aromatic rings. The maximum Gasteiger partial charge on any atom is 0.0166 e. The Bertz CT molecular complexity index is 199. The third-order valence-corrected chi connectivity index (χ3v) is 4.14. The van der Waals surface area contributed by atoms with Gasteiger partial charge in [-0.25, -0.2) is 0 Å². The summed E-state index contributed by atoms with van der Waals surface area (Å²) in [6, 6.07) is 1.52. The van der Waals surface area contributed by atoms with Crippen LogP contribution in [0.1, 0.15) is 33.1 Å². The Kier molecular flexibility index (Phi) is 4.62. The van der Waals surface area contributed by atoms with E-state index in [2.05, 4.69) is 29.0 Å². The molecule has 3 nitrogen and oxygen atoms in total. The lowest BCUT2D eigenvalue weighted by molar-refractivity contribution is 0.111. The Balaban J connectivity index is 1.82. The van der Waals surface area contributed by atoms with Crippen molar-refractivity contribution < 1.29 is 0 Å². The zero-order chi connectivity index (χ0) is 11.4. The number of nitrogens with one attached hydrogen (secondary N) is 1. The Labute approximate surface area is 100 Å². The predicted molar refractivity (Wildman–Crippen MR) is 68.8 cm³/mol. The molecule has 0 aromatic carbocycles. The molecule has 2 aliphatic rings. The maximum absolute atomic E-state index is 3.58. The first-order valence-electron chi connectivity index (χ1n) is 6.99. The van der Waals surface area contributed by atoms with Crippen molar-refractivity contribution >= 4 is 0 Å². The molecule has 0 aliphatic carbocycles. The average Bonchev–Trinajstić information content (AvgIpc) is 2.54. The van der Waals surface area contributed by atoms with Crippen LogP contribution in [-0.4, -0.2) is 61.2 Å². The zero-order valence-electron chi connectivity index (χ0n) is 10.9. The number of hydrogen-bond donors (Lipinski definition) is 1. The summed E-state index contributed by atoms with van der Waals surface area (Å²) in [6.07, 6.45) is 4.07. The quantitative estimate of drug-likeness (QED) is 0.761. The second kappa shape index (κ2) is 5.99. The molecular formula is C13H27N3. The second-order valence-corrected chi connectivity index (χ2v) is 5.37. The van der Waals surface area contributed by atoms with Crippen LogP contribution in [0.25, 0.3) is 0 Å². The van der Waals surface area contributed by atoms with Crippen molar-refractivity contribution in [3.05, 3.63) is 0 Å². The predicted octanol–water partition coefficient (Wildman–Crippen LogP) is 1.15. The number of piperidine rings is 1. The van der Waals surface area contributed by atoms with E-state index in [1.165, 1.54) is 58.5 Å². The van der Waals surface area contributed by atoms with Gasteiger partial charge in [0.25, 0.3) is 0 Å². The lowest BCUT2D eigenvalue weighted by Gasteiger charge is -2.38. The molecule has 0 radical (unpaired) electrons. The molecule has 0 saturated carbocycles. The van der Waals surface area contributed by atoms with Gasteiger partial charge in [-0.2, -0.15) is 0 Å². The molecule has 1 atom stereocenters. The highest BCUT2D eigenvalue weighted by atomic mass is 15.2. The number of rotatable bonds is 2. The number of hydrogen-bond acceptors (Lipinski definition) is 3. The van der Waals surface area contributed by atoms with E-state index in [0.29, 0.717) is 6.04 Å². The van der Waals surface area contributed by atoms with Crippen molar-refractivity contribution in [3.8, 4) is 0 Å². The average molecular weight is 225 g/mol. The standard InChI is InChI=1S/C13H27N3/c1-3-15-9-5-13(6-10-15)16-8-4-7-14-12(2)11-16/h12-14H,3-11H2,1-2H3. The Morgan fingerprint density at radius 3 is 2.62 bits per heavy atom. The maximum atomic E-state index is 3.58. The van der Waals surface area contributed by atoms with Gasteiger partial charge in [-0.1, -0.05) is 6.92 Å². The van der Waals surface area contributed by atoms with Crippen molar-refractivity contribution in [1.29, 1.82) is 0 Å². The molecule has 2 aliphatic heterocycles. The molecule has 2 saturated heterocycles. The van der Waals surface area contributed by atoms with Crippen LogP contribution in [0, 0.1) is 0 Å². The topological polar surface area (TPSA) is 18.5 Å². The fourth-order valence-corrected chi connectivity index (χ4v) is 3.07. The molecule has 0 aromatic heterocycles. The summed E-state index contributed by atoms with van der Waals surface area (Å²) in [5.74, 6) is 0. The molecule has 16 heavy (non-hydrogen) atoms. The van der Waals surface area contributed by atoms with Crippen molar-refractivity contribution in [2.24, 2.45) is 0 Å². The van der Waals surface area contributed by atoms with Gasteiger partial charge in [-0.3, -0.25) is 4.90 Å². The van der Waals surface area contributed by atoms with Gasteiger partial charge in [0.15, 0.2) is 0 Å². The van der Waals surface area contributed by atoms with Crippen LogP contribution < -0.4 is 5.32 Å². The summed E-state index contributed by atoms with van der Waals surface area (Å²) in [4.78, 5) is 5.31. The van der Waals surface area contributed by atoms with E-state index in [4.69, 9.17) is 0 Å². The normalized spacial score (nSPS) is 31.5. The second-order valence-electron chi connectivity index (χ2n) is 5.37. The number of likely N-dealkylation sites (tertiary alicyclic amines) is 1. The van der Waals surface area contributed by atoms with Crippen molar-refractivity contribution in [2.45, 2.75) is 45.2 Å². The van der Waals surface area contributed by atoms with Crippen LogP contribution in [0.2, 0.25) is 0 Å². The van der Waals surface area contributed by atoms with Crippen molar-refractivity contribution in [1.82, 2.24) is 15.1 Å². The summed E-state index contributed by atoms with van der Waals surface area (Å²) in [5, 5.41) is 3.58. The largest absolute Gasteiger partial charge is 0.313 e. The lowest BCUT2D eigenvalue weighted by Crippen LogP contribution is -2.47. The van der Waals surface area contributed by atoms with Gasteiger partial charge >= 0.3 is 0 Å². The fraction of sp³-hybridized carbons (Fsp3) is 1.00. The SMILES string of the molecule is CCN1CCC(N2CCCNC(C)C2)CC1. The van der Waals surface area contributed by atoms with E-state index >= 15 is 0 Å². The summed E-state index contributed by atoms with van der Waals surface area (Å²) >= 11 is 0. The van der Waals surface area contributed by atoms with E-state index in [9.17, 15) is 0 Å². The van der Waals surface area contributed by atoms with Crippen LogP contribution in [-0.2, 0) is 0 Å². The highest BCUT2D eigenvalue weighted by molar-refractivity contribution is 4.83.